The smallest absolute Gasteiger partial charge is 0.262 e. The van der Waals surface area contributed by atoms with Crippen LogP contribution in [0.15, 0.2) is 82.2 Å². The predicted molar refractivity (Wildman–Crippen MR) is 141 cm³/mol. The van der Waals surface area contributed by atoms with Crippen LogP contribution in [0, 0.1) is 0 Å². The van der Waals surface area contributed by atoms with E-state index in [2.05, 4.69) is 28.5 Å². The van der Waals surface area contributed by atoms with Crippen LogP contribution < -0.4 is 10.1 Å². The van der Waals surface area contributed by atoms with E-state index in [4.69, 9.17) is 9.84 Å². The normalized spacial score (nSPS) is 19.5. The van der Waals surface area contributed by atoms with Crippen molar-refractivity contribution in [2.45, 2.75) is 31.1 Å². The van der Waals surface area contributed by atoms with Gasteiger partial charge in [-0.05, 0) is 48.2 Å². The number of anilines is 1. The van der Waals surface area contributed by atoms with Gasteiger partial charge in [0.05, 0.1) is 23.2 Å². The van der Waals surface area contributed by atoms with Crippen molar-refractivity contribution < 1.29 is 14.3 Å². The topological polar surface area (TPSA) is 83.4 Å². The summed E-state index contributed by atoms with van der Waals surface area (Å²) in [6.45, 7) is 2.50. The molecule has 178 valence electrons. The lowest BCUT2D eigenvalue weighted by Crippen LogP contribution is -2.25. The van der Waals surface area contributed by atoms with E-state index in [1.807, 2.05) is 41.6 Å². The molecule has 2 aromatic carbocycles. The van der Waals surface area contributed by atoms with Crippen LogP contribution in [-0.4, -0.2) is 39.6 Å². The fourth-order valence-electron chi connectivity index (χ4n) is 4.00. The average molecular weight is 505 g/mol. The summed E-state index contributed by atoms with van der Waals surface area (Å²) in [6.07, 6.45) is 0.760. The fourth-order valence-corrected chi connectivity index (χ4v) is 5.78. The summed E-state index contributed by atoms with van der Waals surface area (Å²) in [6, 6.07) is 21.3. The lowest BCUT2D eigenvalue weighted by Gasteiger charge is -2.23. The molecule has 0 aliphatic carbocycles. The van der Waals surface area contributed by atoms with E-state index in [1.54, 1.807) is 35.6 Å². The van der Waals surface area contributed by atoms with Crippen LogP contribution in [0.3, 0.4) is 0 Å². The number of aliphatic imine (C=N–C) groups is 1. The molecule has 0 spiro atoms. The highest BCUT2D eigenvalue weighted by atomic mass is 32.2. The van der Waals surface area contributed by atoms with Crippen molar-refractivity contribution in [1.82, 2.24) is 5.01 Å². The first-order valence-corrected chi connectivity index (χ1v) is 13.1. The second kappa shape index (κ2) is 10.5. The number of nitrogens with one attached hydrogen (secondary N) is 1. The van der Waals surface area contributed by atoms with Crippen molar-refractivity contribution in [1.29, 1.82) is 0 Å². The van der Waals surface area contributed by atoms with Gasteiger partial charge in [-0.2, -0.15) is 10.1 Å². The number of carbonyl (C=O) groups is 2. The van der Waals surface area contributed by atoms with Gasteiger partial charge in [-0.25, -0.2) is 5.01 Å². The molecule has 0 saturated heterocycles. The molecule has 0 bridgehead atoms. The van der Waals surface area contributed by atoms with Gasteiger partial charge in [-0.15, -0.1) is 11.3 Å². The zero-order chi connectivity index (χ0) is 24.2. The summed E-state index contributed by atoms with van der Waals surface area (Å²) in [4.78, 5) is 30.8. The number of rotatable bonds is 7. The summed E-state index contributed by atoms with van der Waals surface area (Å²) in [5, 5.41) is 11.5. The van der Waals surface area contributed by atoms with Gasteiger partial charge < -0.3 is 10.1 Å². The monoisotopic (exact) mass is 504 g/mol. The van der Waals surface area contributed by atoms with Crippen molar-refractivity contribution in [2.75, 3.05) is 11.9 Å². The van der Waals surface area contributed by atoms with Crippen LogP contribution >= 0.6 is 23.1 Å². The van der Waals surface area contributed by atoms with Crippen LogP contribution in [-0.2, 0) is 9.59 Å². The number of thiophene rings is 1. The number of hydrogen-bond acceptors (Lipinski definition) is 7. The van der Waals surface area contributed by atoms with Gasteiger partial charge in [-0.1, -0.05) is 48.2 Å². The Morgan fingerprint density at radius 1 is 1.11 bits per heavy atom. The molecule has 5 rings (SSSR count). The Hall–Kier alpha value is -3.43. The summed E-state index contributed by atoms with van der Waals surface area (Å²) in [5.74, 6) is 0.199. The lowest BCUT2D eigenvalue weighted by molar-refractivity contribution is -0.121. The number of hydrogen-bond donors (Lipinski definition) is 1. The second-order valence-corrected chi connectivity index (χ2v) is 10.2. The van der Waals surface area contributed by atoms with E-state index in [-0.39, 0.29) is 24.3 Å². The predicted octanol–water partition coefficient (Wildman–Crippen LogP) is 5.32. The Kier molecular flexibility index (Phi) is 6.96. The second-order valence-electron chi connectivity index (χ2n) is 8.05. The van der Waals surface area contributed by atoms with Gasteiger partial charge in [0.25, 0.3) is 5.91 Å². The number of nitrogens with zero attached hydrogens (tertiary/aromatic N) is 3. The highest BCUT2D eigenvalue weighted by Gasteiger charge is 2.39. The lowest BCUT2D eigenvalue weighted by atomic mass is 10.0. The SMILES string of the molecule is CCOc1ccc(NC(=O)C[C@H]2SC(N3N=C(c4cccs4)C[C@@H]3c3ccccc3)=NC2=O)cc1. The van der Waals surface area contributed by atoms with Crippen molar-refractivity contribution in [2.24, 2.45) is 10.1 Å². The van der Waals surface area contributed by atoms with Gasteiger partial charge in [-0.3, -0.25) is 9.59 Å². The van der Waals surface area contributed by atoms with Crippen molar-refractivity contribution in [3.05, 3.63) is 82.6 Å². The molecular weight excluding hydrogens is 480 g/mol. The first-order chi connectivity index (χ1) is 17.1. The molecular formula is C26H24N4O3S2. The van der Waals surface area contributed by atoms with Crippen molar-refractivity contribution in [3.63, 3.8) is 0 Å². The minimum atomic E-state index is -0.579. The molecule has 35 heavy (non-hydrogen) atoms. The molecule has 0 fully saturated rings. The minimum absolute atomic E-state index is 0.0368. The number of amidine groups is 1. The number of benzene rings is 2. The quantitative estimate of drug-likeness (QED) is 0.471. The van der Waals surface area contributed by atoms with Crippen molar-refractivity contribution >= 4 is 51.5 Å². The third-order valence-corrected chi connectivity index (χ3v) is 7.71. The first-order valence-electron chi connectivity index (χ1n) is 11.4. The maximum atomic E-state index is 12.7. The third kappa shape index (κ3) is 5.31. The molecule has 1 N–H and O–H groups in total. The molecule has 2 amide bonds. The Morgan fingerprint density at radius 3 is 2.63 bits per heavy atom. The van der Waals surface area contributed by atoms with Gasteiger partial charge in [0.15, 0.2) is 5.17 Å². The molecule has 7 nitrogen and oxygen atoms in total. The molecule has 0 unspecified atom stereocenters. The molecule has 0 radical (unpaired) electrons. The Balaban J connectivity index is 1.28. The average Bonchev–Trinajstić information content (AvgIpc) is 3.61. The molecule has 3 aromatic rings. The van der Waals surface area contributed by atoms with Gasteiger partial charge in [0.2, 0.25) is 5.91 Å². The van der Waals surface area contributed by atoms with Gasteiger partial charge in [0, 0.05) is 18.5 Å². The highest BCUT2D eigenvalue weighted by Crippen LogP contribution is 2.39. The summed E-state index contributed by atoms with van der Waals surface area (Å²) in [5.41, 5.74) is 2.74. The van der Waals surface area contributed by atoms with Crippen LogP contribution in [0.1, 0.15) is 36.2 Å². The number of hydrazone groups is 1. The Morgan fingerprint density at radius 2 is 1.91 bits per heavy atom. The maximum Gasteiger partial charge on any atom is 0.262 e. The molecule has 2 aliphatic rings. The first kappa shape index (κ1) is 23.3. The van der Waals surface area contributed by atoms with E-state index >= 15 is 0 Å². The van der Waals surface area contributed by atoms with E-state index in [1.165, 1.54) is 11.8 Å². The van der Waals surface area contributed by atoms with Crippen molar-refractivity contribution in [3.8, 4) is 5.75 Å². The Labute approximate surface area is 211 Å². The van der Waals surface area contributed by atoms with Gasteiger partial charge >= 0.3 is 0 Å². The minimum Gasteiger partial charge on any atom is -0.494 e. The zero-order valence-electron chi connectivity index (χ0n) is 19.1. The standard InChI is InChI=1S/C26H24N4O3S2/c1-2-33-19-12-10-18(11-13-19)27-24(31)16-23-25(32)28-26(35-23)30-21(17-7-4-3-5-8-17)15-20(29-30)22-9-6-14-34-22/h3-14,21,23H,2,15-16H2,1H3,(H,27,31)/t21-,23-/m1/s1. The fraction of sp³-hybridized carbons (Fsp3) is 0.231. The third-order valence-electron chi connectivity index (χ3n) is 5.65. The Bertz CT molecular complexity index is 1260. The summed E-state index contributed by atoms with van der Waals surface area (Å²) in [7, 11) is 0. The van der Waals surface area contributed by atoms with Crippen LogP contribution in [0.5, 0.6) is 5.75 Å². The maximum absolute atomic E-state index is 12.7. The van der Waals surface area contributed by atoms with E-state index < -0.39 is 5.25 Å². The van der Waals surface area contributed by atoms with E-state index in [0.717, 1.165) is 28.3 Å². The molecule has 2 aliphatic heterocycles. The number of carbonyl (C=O) groups excluding carboxylic acids is 2. The molecule has 0 saturated carbocycles. The largest absolute Gasteiger partial charge is 0.494 e. The molecule has 2 atom stereocenters. The zero-order valence-corrected chi connectivity index (χ0v) is 20.7. The van der Waals surface area contributed by atoms with E-state index in [9.17, 15) is 9.59 Å². The number of thioether (sulfide) groups is 1. The summed E-state index contributed by atoms with van der Waals surface area (Å²) < 4.78 is 5.43. The van der Waals surface area contributed by atoms with Gasteiger partial charge in [0.1, 0.15) is 11.0 Å². The highest BCUT2D eigenvalue weighted by molar-refractivity contribution is 8.15. The van der Waals surface area contributed by atoms with Crippen LogP contribution in [0.2, 0.25) is 0 Å². The molecule has 3 heterocycles. The molecule has 9 heteroatoms. The number of amides is 2. The molecule has 1 aromatic heterocycles. The van der Waals surface area contributed by atoms with E-state index in [0.29, 0.717) is 17.5 Å². The number of ether oxygens (including phenoxy) is 1. The van der Waals surface area contributed by atoms with Crippen LogP contribution in [0.25, 0.3) is 0 Å². The summed E-state index contributed by atoms with van der Waals surface area (Å²) >= 11 is 2.95. The van der Waals surface area contributed by atoms with Crippen LogP contribution in [0.4, 0.5) is 5.69 Å².